The number of morpholine rings is 1. The number of benzene rings is 2. The molecular formula is C24H31N3O5S. The second-order valence-electron chi connectivity index (χ2n) is 8.33. The highest BCUT2D eigenvalue weighted by Crippen LogP contribution is 2.22. The van der Waals surface area contributed by atoms with Gasteiger partial charge >= 0.3 is 0 Å². The Hall–Kier alpha value is -2.46. The van der Waals surface area contributed by atoms with E-state index in [1.54, 1.807) is 36.1 Å². The maximum absolute atomic E-state index is 13.1. The first-order valence-corrected chi connectivity index (χ1v) is 12.8. The highest BCUT2D eigenvalue weighted by molar-refractivity contribution is 7.89. The molecule has 0 aromatic heterocycles. The van der Waals surface area contributed by atoms with Gasteiger partial charge in [-0.15, -0.1) is 0 Å². The smallest absolute Gasteiger partial charge is 0.263 e. The SMILES string of the molecule is C[C@@H](Oc1ccc(S(=O)(=O)N2CCN(Cc3ccccc3)CC2)cc1)C(=O)N1CCOCC1. The van der Waals surface area contributed by atoms with E-state index >= 15 is 0 Å². The molecule has 2 aliphatic heterocycles. The van der Waals surface area contributed by atoms with E-state index in [0.29, 0.717) is 58.2 Å². The van der Waals surface area contributed by atoms with Crippen molar-refractivity contribution in [1.82, 2.24) is 14.1 Å². The summed E-state index contributed by atoms with van der Waals surface area (Å²) < 4.78 is 38.8. The molecule has 2 aromatic carbocycles. The minimum absolute atomic E-state index is 0.0941. The third kappa shape index (κ3) is 5.92. The van der Waals surface area contributed by atoms with Gasteiger partial charge in [-0.3, -0.25) is 9.69 Å². The van der Waals surface area contributed by atoms with Gasteiger partial charge < -0.3 is 14.4 Å². The van der Waals surface area contributed by atoms with Crippen LogP contribution >= 0.6 is 0 Å². The van der Waals surface area contributed by atoms with Crippen LogP contribution in [-0.2, 0) is 26.1 Å². The molecule has 2 fully saturated rings. The van der Waals surface area contributed by atoms with Gasteiger partial charge in [-0.05, 0) is 36.8 Å². The van der Waals surface area contributed by atoms with Crippen molar-refractivity contribution in [2.75, 3.05) is 52.5 Å². The van der Waals surface area contributed by atoms with Crippen LogP contribution in [0.2, 0.25) is 0 Å². The van der Waals surface area contributed by atoms with Crippen LogP contribution in [0.1, 0.15) is 12.5 Å². The Morgan fingerprint density at radius 1 is 0.939 bits per heavy atom. The lowest BCUT2D eigenvalue weighted by molar-refractivity contribution is -0.142. The van der Waals surface area contributed by atoms with Gasteiger partial charge in [0.2, 0.25) is 10.0 Å². The van der Waals surface area contributed by atoms with E-state index in [2.05, 4.69) is 17.0 Å². The molecule has 0 N–H and O–H groups in total. The normalized spacial score (nSPS) is 19.2. The molecule has 178 valence electrons. The van der Waals surface area contributed by atoms with Crippen LogP contribution in [0.4, 0.5) is 0 Å². The molecule has 2 saturated heterocycles. The first-order chi connectivity index (χ1) is 15.9. The van der Waals surface area contributed by atoms with Crippen LogP contribution in [0.5, 0.6) is 5.75 Å². The molecule has 0 spiro atoms. The number of ether oxygens (including phenoxy) is 2. The fourth-order valence-electron chi connectivity index (χ4n) is 4.10. The molecule has 33 heavy (non-hydrogen) atoms. The monoisotopic (exact) mass is 473 g/mol. The van der Waals surface area contributed by atoms with Gasteiger partial charge in [0.1, 0.15) is 5.75 Å². The van der Waals surface area contributed by atoms with Gasteiger partial charge in [0.25, 0.3) is 5.91 Å². The van der Waals surface area contributed by atoms with Crippen LogP contribution in [0.25, 0.3) is 0 Å². The number of hydrogen-bond acceptors (Lipinski definition) is 6. The highest BCUT2D eigenvalue weighted by Gasteiger charge is 2.29. The Morgan fingerprint density at radius 2 is 1.58 bits per heavy atom. The van der Waals surface area contributed by atoms with Crippen molar-refractivity contribution in [1.29, 1.82) is 0 Å². The summed E-state index contributed by atoms with van der Waals surface area (Å²) in [5.41, 5.74) is 1.23. The molecule has 1 atom stereocenters. The molecule has 2 aromatic rings. The Labute approximate surface area is 195 Å². The van der Waals surface area contributed by atoms with Crippen molar-refractivity contribution in [2.24, 2.45) is 0 Å². The van der Waals surface area contributed by atoms with E-state index in [4.69, 9.17) is 9.47 Å². The van der Waals surface area contributed by atoms with Crippen LogP contribution in [-0.4, -0.2) is 87.0 Å². The minimum atomic E-state index is -3.57. The molecule has 2 aliphatic rings. The Bertz CT molecular complexity index is 1020. The van der Waals surface area contributed by atoms with Crippen LogP contribution in [0.15, 0.2) is 59.5 Å². The zero-order valence-electron chi connectivity index (χ0n) is 18.9. The second-order valence-corrected chi connectivity index (χ2v) is 10.3. The lowest BCUT2D eigenvalue weighted by Crippen LogP contribution is -2.48. The van der Waals surface area contributed by atoms with E-state index in [9.17, 15) is 13.2 Å². The summed E-state index contributed by atoms with van der Waals surface area (Å²) >= 11 is 0. The largest absolute Gasteiger partial charge is 0.481 e. The minimum Gasteiger partial charge on any atom is -0.481 e. The number of piperazine rings is 1. The first kappa shape index (κ1) is 23.7. The maximum Gasteiger partial charge on any atom is 0.263 e. The van der Waals surface area contributed by atoms with Crippen LogP contribution in [0, 0.1) is 0 Å². The van der Waals surface area contributed by atoms with E-state index in [-0.39, 0.29) is 10.8 Å². The maximum atomic E-state index is 13.1. The summed E-state index contributed by atoms with van der Waals surface area (Å²) in [7, 11) is -3.57. The number of nitrogens with zero attached hydrogens (tertiary/aromatic N) is 3. The van der Waals surface area contributed by atoms with Gasteiger partial charge in [-0.1, -0.05) is 30.3 Å². The zero-order valence-corrected chi connectivity index (χ0v) is 19.7. The quantitative estimate of drug-likeness (QED) is 0.611. The van der Waals surface area contributed by atoms with E-state index in [1.807, 2.05) is 18.2 Å². The topological polar surface area (TPSA) is 79.4 Å². The van der Waals surface area contributed by atoms with Crippen molar-refractivity contribution in [3.05, 3.63) is 60.2 Å². The third-order valence-electron chi connectivity index (χ3n) is 6.03. The lowest BCUT2D eigenvalue weighted by Gasteiger charge is -2.34. The number of hydrogen-bond donors (Lipinski definition) is 0. The fraction of sp³-hybridized carbons (Fsp3) is 0.458. The average Bonchev–Trinajstić information content (AvgIpc) is 2.85. The summed E-state index contributed by atoms with van der Waals surface area (Å²) in [5, 5.41) is 0. The number of rotatable bonds is 7. The fourth-order valence-corrected chi connectivity index (χ4v) is 5.53. The average molecular weight is 474 g/mol. The predicted octanol–water partition coefficient (Wildman–Crippen LogP) is 1.82. The zero-order chi connectivity index (χ0) is 23.3. The van der Waals surface area contributed by atoms with Gasteiger partial charge in [-0.2, -0.15) is 4.31 Å². The van der Waals surface area contributed by atoms with Crippen LogP contribution in [0.3, 0.4) is 0 Å². The Kier molecular flexibility index (Phi) is 7.64. The molecule has 2 heterocycles. The summed E-state index contributed by atoms with van der Waals surface area (Å²) in [6.07, 6.45) is -0.650. The summed E-state index contributed by atoms with van der Waals surface area (Å²) in [5.74, 6) is 0.374. The molecule has 8 nitrogen and oxygen atoms in total. The Balaban J connectivity index is 1.31. The summed E-state index contributed by atoms with van der Waals surface area (Å²) in [4.78, 5) is 16.7. The van der Waals surface area contributed by atoms with Crippen molar-refractivity contribution in [3.8, 4) is 5.75 Å². The summed E-state index contributed by atoms with van der Waals surface area (Å²) in [6, 6.07) is 16.5. The van der Waals surface area contributed by atoms with Gasteiger partial charge in [0.15, 0.2) is 6.10 Å². The molecule has 0 bridgehead atoms. The van der Waals surface area contributed by atoms with Crippen molar-refractivity contribution in [3.63, 3.8) is 0 Å². The van der Waals surface area contributed by atoms with Crippen molar-refractivity contribution in [2.45, 2.75) is 24.5 Å². The molecule has 0 radical (unpaired) electrons. The molecule has 9 heteroatoms. The number of sulfonamides is 1. The van der Waals surface area contributed by atoms with Gasteiger partial charge in [0.05, 0.1) is 18.1 Å². The molecule has 0 saturated carbocycles. The first-order valence-electron chi connectivity index (χ1n) is 11.3. The Morgan fingerprint density at radius 3 is 2.21 bits per heavy atom. The van der Waals surface area contributed by atoms with Crippen molar-refractivity contribution >= 4 is 15.9 Å². The van der Waals surface area contributed by atoms with E-state index in [1.165, 1.54) is 9.87 Å². The molecule has 0 aliphatic carbocycles. The predicted molar refractivity (Wildman–Crippen MR) is 124 cm³/mol. The molecule has 4 rings (SSSR count). The second kappa shape index (κ2) is 10.6. The van der Waals surface area contributed by atoms with Crippen molar-refractivity contribution < 1.29 is 22.7 Å². The molecular weight excluding hydrogens is 442 g/mol. The van der Waals surface area contributed by atoms with E-state index in [0.717, 1.165) is 6.54 Å². The molecule has 0 unspecified atom stereocenters. The van der Waals surface area contributed by atoms with Crippen LogP contribution < -0.4 is 4.74 Å². The molecule has 1 amide bonds. The summed E-state index contributed by atoms with van der Waals surface area (Å²) in [6.45, 7) is 7.01. The standard InChI is InChI=1S/C24H31N3O5S/c1-20(24(28)26-15-17-31-18-16-26)32-22-7-9-23(10-8-22)33(29,30)27-13-11-25(12-14-27)19-21-5-3-2-4-6-21/h2-10,20H,11-19H2,1H3/t20-/m1/s1. The number of carbonyl (C=O) groups is 1. The number of carbonyl (C=O) groups excluding carboxylic acids is 1. The van der Waals surface area contributed by atoms with Gasteiger partial charge in [0, 0.05) is 45.8 Å². The van der Waals surface area contributed by atoms with Gasteiger partial charge in [-0.25, -0.2) is 8.42 Å². The lowest BCUT2D eigenvalue weighted by atomic mass is 10.2. The number of amides is 1. The highest BCUT2D eigenvalue weighted by atomic mass is 32.2. The third-order valence-corrected chi connectivity index (χ3v) is 7.94. The van der Waals surface area contributed by atoms with E-state index < -0.39 is 16.1 Å².